The Morgan fingerprint density at radius 1 is 0.284 bits per heavy atom. The Hall–Kier alpha value is -4.49. The molecule has 9 rings (SSSR count). The minimum absolute atomic E-state index is 0.0175. The summed E-state index contributed by atoms with van der Waals surface area (Å²) in [7, 11) is 121. The molecule has 2 aliphatic carbocycles. The van der Waals surface area contributed by atoms with E-state index in [0.717, 1.165) is 33.4 Å². The van der Waals surface area contributed by atoms with E-state index in [0.29, 0.717) is 5.69 Å². The van der Waals surface area contributed by atoms with Crippen molar-refractivity contribution in [3.8, 4) is 44.5 Å². The Labute approximate surface area is 418 Å². The molecule has 0 aromatic heterocycles. The molecular weight excluding hydrogens is 785 g/mol. The van der Waals surface area contributed by atoms with Crippen LogP contribution < -0.4 is 103 Å². The van der Waals surface area contributed by atoms with Crippen LogP contribution in [0.3, 0.4) is 0 Å². The molecule has 67 heavy (non-hydrogen) atoms. The predicted octanol–water partition coefficient (Wildman–Crippen LogP) is -8.61. The average Bonchev–Trinajstić information content (AvgIpc) is 3.67. The van der Waals surface area contributed by atoms with E-state index < -0.39 is 5.41 Å². The van der Waals surface area contributed by atoms with Gasteiger partial charge in [0.25, 0.3) is 0 Å². The molecular formula is C48H21B18N. The van der Waals surface area contributed by atoms with E-state index >= 15 is 0 Å². The molecule has 0 aliphatic heterocycles. The zero-order valence-electron chi connectivity index (χ0n) is 37.5. The molecule has 0 amide bonds. The Balaban J connectivity index is 1.42. The number of rotatable bonds is 5. The summed E-state index contributed by atoms with van der Waals surface area (Å²) in [6.45, 7) is 8.78. The molecule has 0 atom stereocenters. The minimum Gasteiger partial charge on any atom is -0.312 e. The quantitative estimate of drug-likeness (QED) is 0.157. The Bertz CT molecular complexity index is 3160. The Morgan fingerprint density at radius 3 is 1.01 bits per heavy atom. The van der Waals surface area contributed by atoms with E-state index in [2.05, 4.69) is 70.2 Å². The van der Waals surface area contributed by atoms with Crippen LogP contribution in [0, 0.1) is 0 Å². The molecule has 7 aromatic carbocycles. The summed E-state index contributed by atoms with van der Waals surface area (Å²) < 4.78 is 0. The second-order valence-electron chi connectivity index (χ2n) is 18.4. The summed E-state index contributed by atoms with van der Waals surface area (Å²) in [6, 6.07) is 18.8. The van der Waals surface area contributed by atoms with E-state index in [4.69, 9.17) is 141 Å². The van der Waals surface area contributed by atoms with Crippen molar-refractivity contribution in [2.24, 2.45) is 0 Å². The molecule has 2 aliphatic rings. The summed E-state index contributed by atoms with van der Waals surface area (Å²) >= 11 is 0. The number of nitrogens with zero attached hydrogens (tertiary/aromatic N) is 1. The average molecular weight is 806 g/mol. The molecule has 0 spiro atoms. The van der Waals surface area contributed by atoms with Crippen molar-refractivity contribution in [3.63, 3.8) is 0 Å². The lowest BCUT2D eigenvalue weighted by Crippen LogP contribution is -2.57. The van der Waals surface area contributed by atoms with Crippen LogP contribution in [0.25, 0.3) is 44.5 Å². The van der Waals surface area contributed by atoms with Crippen molar-refractivity contribution in [3.05, 3.63) is 76.9 Å². The van der Waals surface area contributed by atoms with Crippen molar-refractivity contribution in [2.45, 2.75) is 38.5 Å². The largest absolute Gasteiger partial charge is 0.312 e. The van der Waals surface area contributed by atoms with Gasteiger partial charge in [-0.1, -0.05) is 130 Å². The lowest BCUT2D eigenvalue weighted by atomic mass is 9.56. The fourth-order valence-corrected chi connectivity index (χ4v) is 10.4. The van der Waals surface area contributed by atoms with E-state index in [1.54, 1.807) is 4.90 Å². The molecule has 36 radical (unpaired) electrons. The van der Waals surface area contributed by atoms with Gasteiger partial charge in [0, 0.05) is 27.8 Å². The topological polar surface area (TPSA) is 3.24 Å². The number of anilines is 3. The third-order valence-electron chi connectivity index (χ3n) is 14.2. The predicted molar refractivity (Wildman–Crippen MR) is 304 cm³/mol. The molecule has 1 nitrogen and oxygen atoms in total. The van der Waals surface area contributed by atoms with Crippen LogP contribution in [-0.2, 0) is 10.8 Å². The van der Waals surface area contributed by atoms with Crippen LogP contribution in [0.2, 0.25) is 0 Å². The van der Waals surface area contributed by atoms with Gasteiger partial charge in [-0.2, -0.15) is 0 Å². The van der Waals surface area contributed by atoms with E-state index in [-0.39, 0.29) is 137 Å². The first-order valence-corrected chi connectivity index (χ1v) is 21.1. The summed E-state index contributed by atoms with van der Waals surface area (Å²) in [5.41, 5.74) is 7.34. The fourth-order valence-electron chi connectivity index (χ4n) is 10.4. The van der Waals surface area contributed by atoms with Crippen LogP contribution in [0.15, 0.2) is 54.6 Å². The molecule has 0 N–H and O–H groups in total. The van der Waals surface area contributed by atoms with Gasteiger partial charge in [0.2, 0.25) is 0 Å². The molecule has 0 saturated heterocycles. The molecule has 19 heteroatoms. The fraction of sp³-hybridized carbons (Fsp3) is 0.125. The minimum atomic E-state index is -0.546. The SMILES string of the molecule is [B]c1c([B])c([B])c(-c2c([B])c([B])c(N(c3cccc4c3-c3cc5c(cc3C4(C)C)-c3ccccc3C5(C)C)c3c([B])c([B])c(-c4c([B])c([B])c([B])c([B])c4[B])c([B])c3[B])c([B])c2[B])c([B])c1[B]. The Kier molecular flexibility index (Phi) is 11.4. The first-order chi connectivity index (χ1) is 31.3. The second kappa shape index (κ2) is 16.0. The summed E-state index contributed by atoms with van der Waals surface area (Å²) in [6.07, 6.45) is 0. The standard InChI is InChI=1S/C48H21B18N/c1-47(2)17-9-6-5-8-14(17)15-12-20-16(13-19(15)47)22-18(48(20,3)4)10-7-11-21(22)67(45-41(63)31(53)25(32(54)42(45)64)23-27(49)35(57)39(61)36(58)28(23)50)46-43(65)33(55)26(34(56)44(46)66)24-29(51)37(59)40(62)38(60)30(24)52/h5-13H,1-4H3. The maximum atomic E-state index is 7.22. The molecule has 272 valence electrons. The molecule has 0 fully saturated rings. The maximum absolute atomic E-state index is 7.22. The number of hydrogen-bond donors (Lipinski definition) is 0. The molecule has 0 unspecified atom stereocenters. The smallest absolute Gasteiger partial charge is 0.115 e. The summed E-state index contributed by atoms with van der Waals surface area (Å²) in [5.74, 6) is 0. The van der Waals surface area contributed by atoms with Crippen LogP contribution in [0.4, 0.5) is 17.1 Å². The van der Waals surface area contributed by atoms with Gasteiger partial charge in [-0.05, 0) is 79.4 Å². The monoisotopic (exact) mass is 809 g/mol. The second-order valence-corrected chi connectivity index (χ2v) is 18.4. The zero-order valence-corrected chi connectivity index (χ0v) is 37.5. The highest BCUT2D eigenvalue weighted by molar-refractivity contribution is 6.73. The first-order valence-electron chi connectivity index (χ1n) is 21.1. The maximum Gasteiger partial charge on any atom is 0.115 e. The van der Waals surface area contributed by atoms with E-state index in [1.807, 2.05) is 12.1 Å². The zero-order chi connectivity index (χ0) is 49.0. The van der Waals surface area contributed by atoms with E-state index in [1.165, 1.54) is 11.1 Å². The van der Waals surface area contributed by atoms with Crippen LogP contribution >= 0.6 is 0 Å². The van der Waals surface area contributed by atoms with Gasteiger partial charge in [0.15, 0.2) is 0 Å². The van der Waals surface area contributed by atoms with Crippen molar-refractivity contribution >= 4 is 257 Å². The van der Waals surface area contributed by atoms with Crippen LogP contribution in [-0.4, -0.2) is 141 Å². The summed E-state index contributed by atoms with van der Waals surface area (Å²) in [4.78, 5) is 1.66. The van der Waals surface area contributed by atoms with Crippen LogP contribution in [0.5, 0.6) is 0 Å². The van der Waals surface area contributed by atoms with Crippen LogP contribution in [0.1, 0.15) is 49.9 Å². The lowest BCUT2D eigenvalue weighted by Gasteiger charge is -2.39. The molecule has 0 saturated carbocycles. The van der Waals surface area contributed by atoms with Gasteiger partial charge in [0.1, 0.15) is 141 Å². The lowest BCUT2D eigenvalue weighted by molar-refractivity contribution is 0.652. The highest BCUT2D eigenvalue weighted by atomic mass is 15.2. The van der Waals surface area contributed by atoms with Gasteiger partial charge < -0.3 is 4.90 Å². The van der Waals surface area contributed by atoms with Crippen molar-refractivity contribution in [1.82, 2.24) is 0 Å². The highest BCUT2D eigenvalue weighted by Gasteiger charge is 2.43. The van der Waals surface area contributed by atoms with E-state index in [9.17, 15) is 0 Å². The van der Waals surface area contributed by atoms with Gasteiger partial charge in [-0.3, -0.25) is 0 Å². The Morgan fingerprint density at radius 2 is 0.597 bits per heavy atom. The third-order valence-corrected chi connectivity index (χ3v) is 14.2. The first kappa shape index (κ1) is 47.6. The van der Waals surface area contributed by atoms with Gasteiger partial charge in [0.05, 0.1) is 5.69 Å². The molecule has 0 bridgehead atoms. The van der Waals surface area contributed by atoms with Gasteiger partial charge in [-0.15, -0.1) is 32.8 Å². The molecule has 7 aromatic rings. The molecule has 0 heterocycles. The van der Waals surface area contributed by atoms with Crippen molar-refractivity contribution in [2.75, 3.05) is 4.90 Å². The van der Waals surface area contributed by atoms with Crippen molar-refractivity contribution < 1.29 is 0 Å². The van der Waals surface area contributed by atoms with Crippen molar-refractivity contribution in [1.29, 1.82) is 0 Å². The number of fused-ring (bicyclic) bond motifs is 6. The third kappa shape index (κ3) is 6.40. The van der Waals surface area contributed by atoms with Gasteiger partial charge >= 0.3 is 0 Å². The summed E-state index contributed by atoms with van der Waals surface area (Å²) in [5, 5.41) is 0. The number of benzene rings is 7. The number of hydrogen-bond acceptors (Lipinski definition) is 1. The van der Waals surface area contributed by atoms with Gasteiger partial charge in [-0.25, -0.2) is 0 Å². The normalized spacial score (nSPS) is 13.8. The highest BCUT2D eigenvalue weighted by Crippen LogP contribution is 2.58.